The number of rotatable bonds is 12. The Balaban J connectivity index is 2.55. The molecule has 0 N–H and O–H groups in total. The average Bonchev–Trinajstić information content (AvgIpc) is 2.65. The Bertz CT molecular complexity index is 534. The third-order valence-corrected chi connectivity index (χ3v) is 3.49. The van der Waals surface area contributed by atoms with Gasteiger partial charge in [-0.05, 0) is 25.5 Å². The average molecular weight is 353 g/mol. The van der Waals surface area contributed by atoms with Gasteiger partial charge in [0.05, 0.1) is 20.6 Å². The van der Waals surface area contributed by atoms with Crippen LogP contribution >= 0.6 is 0 Å². The van der Waals surface area contributed by atoms with Crippen LogP contribution in [0.25, 0.3) is 0 Å². The molecule has 0 saturated carbocycles. The van der Waals surface area contributed by atoms with Crippen molar-refractivity contribution < 1.29 is 28.5 Å². The number of esters is 1. The topological polar surface area (TPSA) is 74.3 Å². The molecule has 0 fully saturated rings. The van der Waals surface area contributed by atoms with Crippen LogP contribution in [-0.2, 0) is 19.1 Å². The maximum absolute atomic E-state index is 12.4. The van der Waals surface area contributed by atoms with E-state index in [2.05, 4.69) is 4.74 Å². The molecule has 25 heavy (non-hydrogen) atoms. The summed E-state index contributed by atoms with van der Waals surface area (Å²) < 4.78 is 20.6. The van der Waals surface area contributed by atoms with Crippen LogP contribution in [0.2, 0.25) is 0 Å². The quantitative estimate of drug-likeness (QED) is 0.422. The Morgan fingerprint density at radius 1 is 1.12 bits per heavy atom. The number of carbonyl (C=O) groups is 2. The highest BCUT2D eigenvalue weighted by Crippen LogP contribution is 2.18. The summed E-state index contributed by atoms with van der Waals surface area (Å²) >= 11 is 0. The minimum Gasteiger partial charge on any atom is -0.497 e. The molecule has 7 heteroatoms. The van der Waals surface area contributed by atoms with Gasteiger partial charge in [-0.15, -0.1) is 0 Å². The van der Waals surface area contributed by atoms with Gasteiger partial charge in [-0.25, -0.2) is 0 Å². The van der Waals surface area contributed by atoms with Crippen molar-refractivity contribution in [3.8, 4) is 11.5 Å². The van der Waals surface area contributed by atoms with Crippen molar-refractivity contribution in [2.45, 2.75) is 19.8 Å². The number of benzene rings is 1. The van der Waals surface area contributed by atoms with E-state index >= 15 is 0 Å². The molecule has 1 rings (SSSR count). The molecular formula is C18H27NO6. The highest BCUT2D eigenvalue weighted by Gasteiger charge is 2.16. The zero-order chi connectivity index (χ0) is 18.5. The molecule has 0 aliphatic heterocycles. The van der Waals surface area contributed by atoms with E-state index in [1.54, 1.807) is 36.3 Å². The van der Waals surface area contributed by atoms with Gasteiger partial charge in [0.2, 0.25) is 0 Å². The van der Waals surface area contributed by atoms with Crippen LogP contribution in [0.4, 0.5) is 0 Å². The van der Waals surface area contributed by atoms with Gasteiger partial charge in [0.1, 0.15) is 11.5 Å². The second-order valence-corrected chi connectivity index (χ2v) is 5.23. The first kappa shape index (κ1) is 20.8. The summed E-state index contributed by atoms with van der Waals surface area (Å²) in [6.45, 7) is 3.80. The summed E-state index contributed by atoms with van der Waals surface area (Å²) in [5.74, 6) is 0.665. The molecule has 1 amide bonds. The van der Waals surface area contributed by atoms with Gasteiger partial charge in [-0.3, -0.25) is 9.59 Å². The first-order valence-corrected chi connectivity index (χ1v) is 8.29. The molecular weight excluding hydrogens is 326 g/mol. The van der Waals surface area contributed by atoms with Gasteiger partial charge in [-0.2, -0.15) is 0 Å². The summed E-state index contributed by atoms with van der Waals surface area (Å²) in [5, 5.41) is 0. The Kier molecular flexibility index (Phi) is 10.1. The number of ether oxygens (including phenoxy) is 4. The van der Waals surface area contributed by atoms with Crippen LogP contribution in [0.15, 0.2) is 24.3 Å². The van der Waals surface area contributed by atoms with E-state index in [9.17, 15) is 9.59 Å². The van der Waals surface area contributed by atoms with E-state index in [0.29, 0.717) is 44.2 Å². The standard InChI is InChI=1S/C18H27NO6/c1-4-24-12-6-10-19(11-9-18(21)23-3)17(20)14-25-16-8-5-7-15(13-16)22-2/h5,7-8,13H,4,6,9-12,14H2,1-3H3. The van der Waals surface area contributed by atoms with E-state index in [0.717, 1.165) is 0 Å². The Hall–Kier alpha value is -2.28. The molecule has 0 heterocycles. The molecule has 140 valence electrons. The van der Waals surface area contributed by atoms with Crippen molar-refractivity contribution in [3.63, 3.8) is 0 Å². The number of nitrogens with zero attached hydrogens (tertiary/aromatic N) is 1. The van der Waals surface area contributed by atoms with E-state index in [1.165, 1.54) is 7.11 Å². The first-order chi connectivity index (χ1) is 12.1. The minimum atomic E-state index is -0.351. The van der Waals surface area contributed by atoms with E-state index in [4.69, 9.17) is 14.2 Å². The summed E-state index contributed by atoms with van der Waals surface area (Å²) in [4.78, 5) is 25.3. The SMILES string of the molecule is CCOCCCN(CCC(=O)OC)C(=O)COc1cccc(OC)c1. The normalized spacial score (nSPS) is 10.2. The lowest BCUT2D eigenvalue weighted by molar-refractivity contribution is -0.142. The molecule has 0 saturated heterocycles. The van der Waals surface area contributed by atoms with Crippen molar-refractivity contribution >= 4 is 11.9 Å². The monoisotopic (exact) mass is 353 g/mol. The van der Waals surface area contributed by atoms with Gasteiger partial charge in [0.15, 0.2) is 6.61 Å². The lowest BCUT2D eigenvalue weighted by Gasteiger charge is -2.22. The summed E-state index contributed by atoms with van der Waals surface area (Å²) in [6, 6.07) is 7.05. The molecule has 0 unspecified atom stereocenters. The van der Waals surface area contributed by atoms with Gasteiger partial charge >= 0.3 is 5.97 Å². The lowest BCUT2D eigenvalue weighted by Crippen LogP contribution is -2.37. The summed E-state index contributed by atoms with van der Waals surface area (Å²) in [6.07, 6.45) is 0.843. The Morgan fingerprint density at radius 3 is 2.56 bits per heavy atom. The number of hydrogen-bond donors (Lipinski definition) is 0. The highest BCUT2D eigenvalue weighted by atomic mass is 16.5. The largest absolute Gasteiger partial charge is 0.497 e. The van der Waals surface area contributed by atoms with Crippen LogP contribution < -0.4 is 9.47 Å². The molecule has 0 aliphatic rings. The molecule has 0 bridgehead atoms. The van der Waals surface area contributed by atoms with E-state index in [1.807, 2.05) is 6.92 Å². The second kappa shape index (κ2) is 12.1. The number of hydrogen-bond acceptors (Lipinski definition) is 6. The number of carbonyl (C=O) groups excluding carboxylic acids is 2. The van der Waals surface area contributed by atoms with Crippen molar-refractivity contribution in [3.05, 3.63) is 24.3 Å². The summed E-state index contributed by atoms with van der Waals surface area (Å²) in [7, 11) is 2.90. The van der Waals surface area contributed by atoms with Crippen LogP contribution in [0.5, 0.6) is 11.5 Å². The zero-order valence-electron chi connectivity index (χ0n) is 15.2. The molecule has 1 aromatic rings. The zero-order valence-corrected chi connectivity index (χ0v) is 15.2. The Labute approximate surface area is 148 Å². The molecule has 0 spiro atoms. The smallest absolute Gasteiger partial charge is 0.307 e. The van der Waals surface area contributed by atoms with Crippen LogP contribution in [0, 0.1) is 0 Å². The number of amides is 1. The second-order valence-electron chi connectivity index (χ2n) is 5.23. The van der Waals surface area contributed by atoms with Gasteiger partial charge < -0.3 is 23.8 Å². The highest BCUT2D eigenvalue weighted by molar-refractivity contribution is 5.78. The van der Waals surface area contributed by atoms with Gasteiger partial charge in [0.25, 0.3) is 5.91 Å². The third-order valence-electron chi connectivity index (χ3n) is 3.49. The van der Waals surface area contributed by atoms with Crippen LogP contribution in [-0.4, -0.2) is 63.9 Å². The maximum atomic E-state index is 12.4. The molecule has 0 aliphatic carbocycles. The van der Waals surface area contributed by atoms with Crippen molar-refractivity contribution in [2.24, 2.45) is 0 Å². The molecule has 0 radical (unpaired) electrons. The summed E-state index contributed by atoms with van der Waals surface area (Å²) in [5.41, 5.74) is 0. The number of methoxy groups -OCH3 is 2. The lowest BCUT2D eigenvalue weighted by atomic mass is 10.3. The molecule has 0 aromatic heterocycles. The molecule has 1 aromatic carbocycles. The minimum absolute atomic E-state index is 0.108. The maximum Gasteiger partial charge on any atom is 0.307 e. The van der Waals surface area contributed by atoms with E-state index in [-0.39, 0.29) is 24.9 Å². The fraction of sp³-hybridized carbons (Fsp3) is 0.556. The predicted molar refractivity (Wildman–Crippen MR) is 92.8 cm³/mol. The molecule has 7 nitrogen and oxygen atoms in total. The predicted octanol–water partition coefficient (Wildman–Crippen LogP) is 1.89. The van der Waals surface area contributed by atoms with Crippen molar-refractivity contribution in [1.29, 1.82) is 0 Å². The molecule has 0 atom stereocenters. The Morgan fingerprint density at radius 2 is 1.88 bits per heavy atom. The first-order valence-electron chi connectivity index (χ1n) is 8.29. The van der Waals surface area contributed by atoms with Gasteiger partial charge in [-0.1, -0.05) is 6.07 Å². The third kappa shape index (κ3) is 8.39. The fourth-order valence-electron chi connectivity index (χ4n) is 2.12. The fourth-order valence-corrected chi connectivity index (χ4v) is 2.12. The van der Waals surface area contributed by atoms with Gasteiger partial charge in [0, 0.05) is 32.4 Å². The van der Waals surface area contributed by atoms with E-state index < -0.39 is 0 Å². The van der Waals surface area contributed by atoms with Crippen molar-refractivity contribution in [1.82, 2.24) is 4.90 Å². The van der Waals surface area contributed by atoms with Crippen LogP contribution in [0.1, 0.15) is 19.8 Å². The van der Waals surface area contributed by atoms with Crippen molar-refractivity contribution in [2.75, 3.05) is 47.1 Å². The van der Waals surface area contributed by atoms with Crippen LogP contribution in [0.3, 0.4) is 0 Å².